The number of hydrogen-bond acceptors (Lipinski definition) is 2. The Morgan fingerprint density at radius 1 is 1.50 bits per heavy atom. The molecule has 0 N–H and O–H groups in total. The van der Waals surface area contributed by atoms with Crippen LogP contribution in [0.3, 0.4) is 0 Å². The first kappa shape index (κ1) is 9.41. The van der Waals surface area contributed by atoms with Gasteiger partial charge in [0.2, 0.25) is 0 Å². The van der Waals surface area contributed by atoms with Crippen LogP contribution >= 0.6 is 0 Å². The van der Waals surface area contributed by atoms with Crippen molar-refractivity contribution in [3.05, 3.63) is 35.4 Å². The maximum Gasteiger partial charge on any atom is 0.160 e. The van der Waals surface area contributed by atoms with Crippen molar-refractivity contribution in [1.82, 2.24) is 0 Å². The van der Waals surface area contributed by atoms with Gasteiger partial charge < -0.3 is 4.74 Å². The molecule has 1 aliphatic rings. The van der Waals surface area contributed by atoms with E-state index in [9.17, 15) is 4.79 Å². The maximum absolute atomic E-state index is 11.3. The molecule has 1 atom stereocenters. The van der Waals surface area contributed by atoms with Gasteiger partial charge in [0.15, 0.2) is 5.78 Å². The summed E-state index contributed by atoms with van der Waals surface area (Å²) in [5, 5.41) is 0. The minimum atomic E-state index is 0.150. The molecule has 1 unspecified atom stereocenters. The van der Waals surface area contributed by atoms with Gasteiger partial charge in [-0.15, -0.1) is 0 Å². The van der Waals surface area contributed by atoms with E-state index in [1.807, 2.05) is 24.3 Å². The van der Waals surface area contributed by atoms with Crippen LogP contribution in [0.4, 0.5) is 0 Å². The SMILES string of the molecule is CC(=O)c1ccccc1CCC1CO1. The quantitative estimate of drug-likeness (QED) is 0.538. The highest BCUT2D eigenvalue weighted by Crippen LogP contribution is 2.19. The number of ketones is 1. The highest BCUT2D eigenvalue weighted by atomic mass is 16.6. The lowest BCUT2D eigenvalue weighted by atomic mass is 10.00. The van der Waals surface area contributed by atoms with Crippen LogP contribution in [-0.4, -0.2) is 18.5 Å². The molecular weight excluding hydrogens is 176 g/mol. The standard InChI is InChI=1S/C12H14O2/c1-9(13)12-5-3-2-4-10(12)6-7-11-8-14-11/h2-5,11H,6-8H2,1H3. The van der Waals surface area contributed by atoms with E-state index in [1.165, 1.54) is 0 Å². The first-order valence-electron chi connectivity index (χ1n) is 4.98. The lowest BCUT2D eigenvalue weighted by molar-refractivity contribution is 0.101. The number of ether oxygens (including phenoxy) is 1. The number of hydrogen-bond donors (Lipinski definition) is 0. The van der Waals surface area contributed by atoms with Crippen molar-refractivity contribution in [2.75, 3.05) is 6.61 Å². The molecule has 1 saturated heterocycles. The summed E-state index contributed by atoms with van der Waals surface area (Å²) >= 11 is 0. The Morgan fingerprint density at radius 3 is 2.86 bits per heavy atom. The van der Waals surface area contributed by atoms with Gasteiger partial charge in [0.25, 0.3) is 0 Å². The molecule has 1 aromatic carbocycles. The number of carbonyl (C=O) groups is 1. The topological polar surface area (TPSA) is 29.6 Å². The number of aryl methyl sites for hydroxylation is 1. The van der Waals surface area contributed by atoms with E-state index >= 15 is 0 Å². The van der Waals surface area contributed by atoms with E-state index in [-0.39, 0.29) is 5.78 Å². The zero-order valence-electron chi connectivity index (χ0n) is 8.32. The molecule has 2 heteroatoms. The van der Waals surface area contributed by atoms with Gasteiger partial charge in [0.05, 0.1) is 12.7 Å². The smallest absolute Gasteiger partial charge is 0.160 e. The Labute approximate surface area is 83.9 Å². The average Bonchev–Trinajstić information content (AvgIpc) is 2.98. The summed E-state index contributed by atoms with van der Waals surface area (Å²) in [5.74, 6) is 0.150. The lowest BCUT2D eigenvalue weighted by Crippen LogP contribution is -2.00. The fourth-order valence-corrected chi connectivity index (χ4v) is 1.63. The normalized spacial score (nSPS) is 19.4. The van der Waals surface area contributed by atoms with Crippen LogP contribution in [0.15, 0.2) is 24.3 Å². The van der Waals surface area contributed by atoms with Crippen molar-refractivity contribution in [3.8, 4) is 0 Å². The van der Waals surface area contributed by atoms with E-state index in [0.29, 0.717) is 6.10 Å². The number of carbonyl (C=O) groups excluding carboxylic acids is 1. The number of rotatable bonds is 4. The molecule has 1 aliphatic heterocycles. The van der Waals surface area contributed by atoms with Gasteiger partial charge in [-0.05, 0) is 25.3 Å². The van der Waals surface area contributed by atoms with Gasteiger partial charge >= 0.3 is 0 Å². The zero-order valence-corrected chi connectivity index (χ0v) is 8.32. The van der Waals surface area contributed by atoms with Gasteiger partial charge in [0, 0.05) is 5.56 Å². The first-order chi connectivity index (χ1) is 6.77. The Hall–Kier alpha value is -1.15. The van der Waals surface area contributed by atoms with Crippen LogP contribution in [0, 0.1) is 0 Å². The Kier molecular flexibility index (Phi) is 2.64. The molecule has 1 heterocycles. The van der Waals surface area contributed by atoms with E-state index in [1.54, 1.807) is 6.92 Å². The second kappa shape index (κ2) is 3.93. The average molecular weight is 190 g/mol. The molecule has 1 aromatic rings. The van der Waals surface area contributed by atoms with Crippen molar-refractivity contribution < 1.29 is 9.53 Å². The predicted octanol–water partition coefficient (Wildman–Crippen LogP) is 2.22. The Balaban J connectivity index is 2.09. The summed E-state index contributed by atoms with van der Waals surface area (Å²) < 4.78 is 5.15. The van der Waals surface area contributed by atoms with Crippen molar-refractivity contribution in [1.29, 1.82) is 0 Å². The lowest BCUT2D eigenvalue weighted by Gasteiger charge is -2.04. The molecule has 0 spiro atoms. The van der Waals surface area contributed by atoms with Gasteiger partial charge in [-0.3, -0.25) is 4.79 Å². The minimum absolute atomic E-state index is 0.150. The van der Waals surface area contributed by atoms with Crippen molar-refractivity contribution >= 4 is 5.78 Å². The largest absolute Gasteiger partial charge is 0.373 e. The molecule has 74 valence electrons. The van der Waals surface area contributed by atoms with Crippen LogP contribution in [0.25, 0.3) is 0 Å². The molecule has 0 radical (unpaired) electrons. The molecular formula is C12H14O2. The molecule has 0 aromatic heterocycles. The van der Waals surface area contributed by atoms with E-state index < -0.39 is 0 Å². The van der Waals surface area contributed by atoms with E-state index in [4.69, 9.17) is 4.74 Å². The fourth-order valence-electron chi connectivity index (χ4n) is 1.63. The third kappa shape index (κ3) is 2.20. The third-order valence-electron chi connectivity index (χ3n) is 2.53. The van der Waals surface area contributed by atoms with Gasteiger partial charge in [-0.25, -0.2) is 0 Å². The number of Topliss-reactive ketones (excluding diaryl/α,β-unsaturated/α-hetero) is 1. The second-order valence-electron chi connectivity index (χ2n) is 3.71. The van der Waals surface area contributed by atoms with Crippen LogP contribution in [0.1, 0.15) is 29.3 Å². The molecule has 2 nitrogen and oxygen atoms in total. The van der Waals surface area contributed by atoms with Gasteiger partial charge in [0.1, 0.15) is 0 Å². The predicted molar refractivity (Wildman–Crippen MR) is 54.5 cm³/mol. The third-order valence-corrected chi connectivity index (χ3v) is 2.53. The zero-order chi connectivity index (χ0) is 9.97. The summed E-state index contributed by atoms with van der Waals surface area (Å²) in [4.78, 5) is 11.3. The van der Waals surface area contributed by atoms with E-state index in [2.05, 4.69) is 0 Å². The molecule has 0 saturated carbocycles. The highest BCUT2D eigenvalue weighted by molar-refractivity contribution is 5.95. The summed E-state index contributed by atoms with van der Waals surface area (Å²) in [6.07, 6.45) is 2.42. The van der Waals surface area contributed by atoms with E-state index in [0.717, 1.165) is 30.6 Å². The molecule has 14 heavy (non-hydrogen) atoms. The molecule has 1 fully saturated rings. The number of epoxide rings is 1. The number of benzene rings is 1. The molecule has 0 aliphatic carbocycles. The van der Waals surface area contributed by atoms with Crippen molar-refractivity contribution in [2.24, 2.45) is 0 Å². The molecule has 0 amide bonds. The summed E-state index contributed by atoms with van der Waals surface area (Å²) in [5.41, 5.74) is 2.00. The molecule has 0 bridgehead atoms. The Bertz CT molecular complexity index is 340. The summed E-state index contributed by atoms with van der Waals surface area (Å²) in [6, 6.07) is 7.81. The minimum Gasteiger partial charge on any atom is -0.373 e. The second-order valence-corrected chi connectivity index (χ2v) is 3.71. The highest BCUT2D eigenvalue weighted by Gasteiger charge is 2.22. The van der Waals surface area contributed by atoms with Crippen molar-refractivity contribution in [3.63, 3.8) is 0 Å². The van der Waals surface area contributed by atoms with Crippen molar-refractivity contribution in [2.45, 2.75) is 25.9 Å². The summed E-state index contributed by atoms with van der Waals surface area (Å²) in [6.45, 7) is 2.51. The van der Waals surface area contributed by atoms with Gasteiger partial charge in [-0.1, -0.05) is 24.3 Å². The molecule has 2 rings (SSSR count). The van der Waals surface area contributed by atoms with Gasteiger partial charge in [-0.2, -0.15) is 0 Å². The first-order valence-corrected chi connectivity index (χ1v) is 4.98. The summed E-state index contributed by atoms with van der Waals surface area (Å²) in [7, 11) is 0. The Morgan fingerprint density at radius 2 is 2.21 bits per heavy atom. The van der Waals surface area contributed by atoms with Crippen LogP contribution < -0.4 is 0 Å². The van der Waals surface area contributed by atoms with Crippen LogP contribution in [0.5, 0.6) is 0 Å². The van der Waals surface area contributed by atoms with Crippen LogP contribution in [0.2, 0.25) is 0 Å². The monoisotopic (exact) mass is 190 g/mol. The fraction of sp³-hybridized carbons (Fsp3) is 0.417. The van der Waals surface area contributed by atoms with Crippen LogP contribution in [-0.2, 0) is 11.2 Å². The maximum atomic E-state index is 11.3.